The summed E-state index contributed by atoms with van der Waals surface area (Å²) in [5.74, 6) is 0.548. The summed E-state index contributed by atoms with van der Waals surface area (Å²) >= 11 is 0. The maximum atomic E-state index is 12.9. The van der Waals surface area contributed by atoms with E-state index in [1.54, 1.807) is 37.3 Å². The van der Waals surface area contributed by atoms with Crippen LogP contribution in [0.4, 0.5) is 13.2 Å². The number of rotatable bonds is 3. The normalized spacial score (nSPS) is 13.1. The van der Waals surface area contributed by atoms with Gasteiger partial charge in [0.05, 0.1) is 5.56 Å². The van der Waals surface area contributed by atoms with E-state index in [9.17, 15) is 13.2 Å². The summed E-state index contributed by atoms with van der Waals surface area (Å²) in [6.07, 6.45) is -5.04. The highest BCUT2D eigenvalue weighted by Gasteiger charge is 2.34. The molecule has 2 aromatic rings. The van der Waals surface area contributed by atoms with E-state index >= 15 is 0 Å². The van der Waals surface area contributed by atoms with Crippen molar-refractivity contribution in [2.45, 2.75) is 19.2 Å². The van der Waals surface area contributed by atoms with Gasteiger partial charge in [-0.1, -0.05) is 36.4 Å². The first-order valence-electron chi connectivity index (χ1n) is 5.86. The van der Waals surface area contributed by atoms with Crippen LogP contribution in [0.2, 0.25) is 0 Å². The van der Waals surface area contributed by atoms with Gasteiger partial charge in [-0.15, -0.1) is 0 Å². The van der Waals surface area contributed by atoms with Crippen molar-refractivity contribution >= 4 is 0 Å². The minimum absolute atomic E-state index is 0.138. The molecule has 0 amide bonds. The molecule has 0 spiro atoms. The Kier molecular flexibility index (Phi) is 3.79. The lowest BCUT2D eigenvalue weighted by Crippen LogP contribution is -2.13. The smallest absolute Gasteiger partial charge is 0.416 e. The minimum atomic E-state index is -4.37. The van der Waals surface area contributed by atoms with Gasteiger partial charge in [0, 0.05) is 5.56 Å². The van der Waals surface area contributed by atoms with Gasteiger partial charge in [-0.25, -0.2) is 0 Å². The van der Waals surface area contributed by atoms with Crippen LogP contribution in [0.5, 0.6) is 5.75 Å². The van der Waals surface area contributed by atoms with Crippen LogP contribution in [0.1, 0.15) is 24.2 Å². The molecule has 2 aromatic carbocycles. The Morgan fingerprint density at radius 1 is 0.895 bits per heavy atom. The highest BCUT2D eigenvalue weighted by atomic mass is 19.4. The molecule has 0 saturated heterocycles. The van der Waals surface area contributed by atoms with E-state index in [0.717, 1.165) is 6.07 Å². The molecule has 0 fully saturated rings. The average Bonchev–Trinajstić information content (AvgIpc) is 2.39. The Bertz CT molecular complexity index is 535. The Hall–Kier alpha value is -1.97. The van der Waals surface area contributed by atoms with Crippen LogP contribution in [-0.4, -0.2) is 0 Å². The maximum Gasteiger partial charge on any atom is 0.416 e. The highest BCUT2D eigenvalue weighted by Crippen LogP contribution is 2.35. The fourth-order valence-electron chi connectivity index (χ4n) is 1.88. The summed E-state index contributed by atoms with van der Waals surface area (Å²) in [6, 6.07) is 14.3. The van der Waals surface area contributed by atoms with Gasteiger partial charge in [-0.3, -0.25) is 0 Å². The molecule has 0 aliphatic carbocycles. The number of halogens is 3. The summed E-state index contributed by atoms with van der Waals surface area (Å²) in [5.41, 5.74) is -0.516. The zero-order valence-corrected chi connectivity index (χ0v) is 10.3. The van der Waals surface area contributed by atoms with Gasteiger partial charge in [-0.2, -0.15) is 13.2 Å². The van der Waals surface area contributed by atoms with Crippen molar-refractivity contribution in [1.29, 1.82) is 0 Å². The van der Waals surface area contributed by atoms with Crippen LogP contribution in [0, 0.1) is 0 Å². The molecule has 1 nitrogen and oxygen atoms in total. The van der Waals surface area contributed by atoms with Gasteiger partial charge < -0.3 is 4.74 Å². The molecule has 0 radical (unpaired) electrons. The molecule has 4 heteroatoms. The second-order valence-electron chi connectivity index (χ2n) is 4.16. The molecule has 1 atom stereocenters. The third kappa shape index (κ3) is 3.28. The quantitative estimate of drug-likeness (QED) is 0.772. The zero-order chi connectivity index (χ0) is 13.9. The Morgan fingerprint density at radius 3 is 2.11 bits per heavy atom. The number of alkyl halides is 3. The second-order valence-corrected chi connectivity index (χ2v) is 4.16. The van der Waals surface area contributed by atoms with E-state index in [2.05, 4.69) is 0 Å². The molecule has 0 aliphatic heterocycles. The largest absolute Gasteiger partial charge is 0.486 e. The standard InChI is InChI=1S/C15H13F3O/c1-11(19-12-7-3-2-4-8-12)13-9-5-6-10-14(13)15(16,17)18/h2-11H,1H3. The van der Waals surface area contributed by atoms with Crippen molar-refractivity contribution in [3.8, 4) is 5.75 Å². The van der Waals surface area contributed by atoms with E-state index in [1.807, 2.05) is 6.07 Å². The Labute approximate surface area is 109 Å². The highest BCUT2D eigenvalue weighted by molar-refractivity contribution is 5.32. The van der Waals surface area contributed by atoms with E-state index in [1.165, 1.54) is 12.1 Å². The van der Waals surface area contributed by atoms with Gasteiger partial charge in [-0.05, 0) is 25.1 Å². The second kappa shape index (κ2) is 5.34. The molecule has 19 heavy (non-hydrogen) atoms. The molecule has 2 rings (SSSR count). The molecular weight excluding hydrogens is 253 g/mol. The van der Waals surface area contributed by atoms with E-state index in [-0.39, 0.29) is 5.56 Å². The molecular formula is C15H13F3O. The molecule has 0 aromatic heterocycles. The zero-order valence-electron chi connectivity index (χ0n) is 10.3. The van der Waals surface area contributed by atoms with Crippen LogP contribution in [0.15, 0.2) is 54.6 Å². The maximum absolute atomic E-state index is 12.9. The van der Waals surface area contributed by atoms with Crippen molar-refractivity contribution < 1.29 is 17.9 Å². The molecule has 0 saturated carbocycles. The number of benzene rings is 2. The molecule has 0 heterocycles. The SMILES string of the molecule is CC(Oc1ccccc1)c1ccccc1C(F)(F)F. The minimum Gasteiger partial charge on any atom is -0.486 e. The van der Waals surface area contributed by atoms with E-state index in [4.69, 9.17) is 4.74 Å². The van der Waals surface area contributed by atoms with Gasteiger partial charge in [0.25, 0.3) is 0 Å². The number of hydrogen-bond acceptors (Lipinski definition) is 1. The number of hydrogen-bond donors (Lipinski definition) is 0. The van der Waals surface area contributed by atoms with Crippen molar-refractivity contribution in [3.63, 3.8) is 0 Å². The summed E-state index contributed by atoms with van der Waals surface area (Å²) in [5, 5.41) is 0. The lowest BCUT2D eigenvalue weighted by molar-refractivity contribution is -0.138. The van der Waals surface area contributed by atoms with E-state index < -0.39 is 17.8 Å². The molecule has 100 valence electrons. The Morgan fingerprint density at radius 2 is 1.47 bits per heavy atom. The predicted molar refractivity (Wildman–Crippen MR) is 66.9 cm³/mol. The lowest BCUT2D eigenvalue weighted by Gasteiger charge is -2.19. The summed E-state index contributed by atoms with van der Waals surface area (Å²) in [4.78, 5) is 0. The molecule has 1 unspecified atom stereocenters. The molecule has 0 bridgehead atoms. The van der Waals surface area contributed by atoms with Gasteiger partial charge in [0.1, 0.15) is 11.9 Å². The van der Waals surface area contributed by atoms with E-state index in [0.29, 0.717) is 5.75 Å². The van der Waals surface area contributed by atoms with Crippen molar-refractivity contribution in [1.82, 2.24) is 0 Å². The van der Waals surface area contributed by atoms with Crippen LogP contribution in [0.3, 0.4) is 0 Å². The number of ether oxygens (including phenoxy) is 1. The molecule has 0 N–H and O–H groups in total. The molecule has 0 aliphatic rings. The predicted octanol–water partition coefficient (Wildman–Crippen LogP) is 4.85. The van der Waals surface area contributed by atoms with Gasteiger partial charge in [0.2, 0.25) is 0 Å². The number of para-hydroxylation sites is 1. The Balaban J connectivity index is 2.27. The third-order valence-corrected chi connectivity index (χ3v) is 2.76. The fourth-order valence-corrected chi connectivity index (χ4v) is 1.88. The van der Waals surface area contributed by atoms with Gasteiger partial charge in [0.15, 0.2) is 0 Å². The lowest BCUT2D eigenvalue weighted by atomic mass is 10.0. The van der Waals surface area contributed by atoms with Crippen molar-refractivity contribution in [2.75, 3.05) is 0 Å². The first kappa shape index (κ1) is 13.5. The summed E-state index contributed by atoms with van der Waals surface area (Å²) < 4.78 is 44.2. The summed E-state index contributed by atoms with van der Waals surface area (Å²) in [7, 11) is 0. The van der Waals surface area contributed by atoms with Crippen LogP contribution >= 0.6 is 0 Å². The summed E-state index contributed by atoms with van der Waals surface area (Å²) in [6.45, 7) is 1.61. The van der Waals surface area contributed by atoms with Crippen molar-refractivity contribution in [2.24, 2.45) is 0 Å². The monoisotopic (exact) mass is 266 g/mol. The van der Waals surface area contributed by atoms with Crippen LogP contribution in [-0.2, 0) is 6.18 Å². The van der Waals surface area contributed by atoms with Gasteiger partial charge >= 0.3 is 6.18 Å². The fraction of sp³-hybridized carbons (Fsp3) is 0.200. The first-order chi connectivity index (χ1) is 8.98. The first-order valence-corrected chi connectivity index (χ1v) is 5.86. The third-order valence-electron chi connectivity index (χ3n) is 2.76. The van der Waals surface area contributed by atoms with Crippen LogP contribution in [0.25, 0.3) is 0 Å². The van der Waals surface area contributed by atoms with Crippen molar-refractivity contribution in [3.05, 3.63) is 65.7 Å². The topological polar surface area (TPSA) is 9.23 Å². The average molecular weight is 266 g/mol. The van der Waals surface area contributed by atoms with Crippen LogP contribution < -0.4 is 4.74 Å².